The lowest BCUT2D eigenvalue weighted by Crippen LogP contribution is -2.03. The maximum atomic E-state index is 5.40. The molecule has 0 aromatic heterocycles. The van der Waals surface area contributed by atoms with Crippen LogP contribution in [0.15, 0.2) is 36.4 Å². The highest BCUT2D eigenvalue weighted by atomic mass is 127. The van der Waals surface area contributed by atoms with E-state index in [1.165, 1.54) is 25.9 Å². The molecular weight excluding hydrogens is 349 g/mol. The molecule has 2 aromatic rings. The topological polar surface area (TPSA) is 21.3 Å². The first-order valence-electron chi connectivity index (χ1n) is 6.23. The maximum absolute atomic E-state index is 5.40. The van der Waals surface area contributed by atoms with Crippen molar-refractivity contribution in [2.24, 2.45) is 0 Å². The van der Waals surface area contributed by atoms with Gasteiger partial charge in [-0.3, -0.25) is 0 Å². The Morgan fingerprint density at radius 2 is 1.89 bits per heavy atom. The van der Waals surface area contributed by atoms with Crippen molar-refractivity contribution in [3.63, 3.8) is 0 Å². The third-order valence-corrected chi connectivity index (χ3v) is 3.76. The SMILES string of the molecule is COc1ccc(C)cc1CNc1ccc(I)cc1C. The molecule has 0 fully saturated rings. The lowest BCUT2D eigenvalue weighted by Gasteiger charge is -2.13. The summed E-state index contributed by atoms with van der Waals surface area (Å²) in [6.45, 7) is 4.99. The number of methoxy groups -OCH3 is 1. The van der Waals surface area contributed by atoms with Gasteiger partial charge in [-0.1, -0.05) is 17.7 Å². The van der Waals surface area contributed by atoms with Gasteiger partial charge in [-0.2, -0.15) is 0 Å². The molecule has 0 saturated carbocycles. The van der Waals surface area contributed by atoms with Gasteiger partial charge in [0.2, 0.25) is 0 Å². The molecule has 0 heterocycles. The number of rotatable bonds is 4. The van der Waals surface area contributed by atoms with Crippen LogP contribution in [0.25, 0.3) is 0 Å². The summed E-state index contributed by atoms with van der Waals surface area (Å²) in [7, 11) is 1.71. The summed E-state index contributed by atoms with van der Waals surface area (Å²) < 4.78 is 6.66. The van der Waals surface area contributed by atoms with Crippen molar-refractivity contribution in [1.82, 2.24) is 0 Å². The average Bonchev–Trinajstić information content (AvgIpc) is 2.38. The second-order valence-corrected chi connectivity index (χ2v) is 5.87. The molecule has 100 valence electrons. The predicted octanol–water partition coefficient (Wildman–Crippen LogP) is 4.53. The van der Waals surface area contributed by atoms with Crippen LogP contribution in [-0.2, 0) is 6.54 Å². The van der Waals surface area contributed by atoms with Gasteiger partial charge in [0.05, 0.1) is 7.11 Å². The molecule has 0 aliphatic carbocycles. The van der Waals surface area contributed by atoms with E-state index in [1.54, 1.807) is 7.11 Å². The number of nitrogens with one attached hydrogen (secondary N) is 1. The van der Waals surface area contributed by atoms with Crippen molar-refractivity contribution in [2.75, 3.05) is 12.4 Å². The van der Waals surface area contributed by atoms with Crippen LogP contribution in [0.2, 0.25) is 0 Å². The number of anilines is 1. The second-order valence-electron chi connectivity index (χ2n) is 4.63. The molecule has 2 rings (SSSR count). The normalized spacial score (nSPS) is 10.3. The molecule has 0 spiro atoms. The summed E-state index contributed by atoms with van der Waals surface area (Å²) in [6.07, 6.45) is 0. The Bertz CT molecular complexity index is 581. The lowest BCUT2D eigenvalue weighted by molar-refractivity contribution is 0.410. The minimum absolute atomic E-state index is 0.770. The largest absolute Gasteiger partial charge is 0.496 e. The fourth-order valence-electron chi connectivity index (χ4n) is 2.06. The van der Waals surface area contributed by atoms with Crippen LogP contribution in [0.1, 0.15) is 16.7 Å². The van der Waals surface area contributed by atoms with Crippen LogP contribution >= 0.6 is 22.6 Å². The van der Waals surface area contributed by atoms with Gasteiger partial charge >= 0.3 is 0 Å². The van der Waals surface area contributed by atoms with Crippen LogP contribution in [0.3, 0.4) is 0 Å². The van der Waals surface area contributed by atoms with Crippen LogP contribution in [0.4, 0.5) is 5.69 Å². The van der Waals surface area contributed by atoms with E-state index in [2.05, 4.69) is 72.1 Å². The number of halogens is 1. The third-order valence-electron chi connectivity index (χ3n) is 3.09. The monoisotopic (exact) mass is 367 g/mol. The van der Waals surface area contributed by atoms with Gasteiger partial charge in [-0.05, 0) is 66.3 Å². The molecule has 0 aliphatic rings. The molecule has 2 nitrogen and oxygen atoms in total. The summed E-state index contributed by atoms with van der Waals surface area (Å²) in [4.78, 5) is 0. The highest BCUT2D eigenvalue weighted by Gasteiger charge is 2.04. The molecule has 1 N–H and O–H groups in total. The van der Waals surface area contributed by atoms with Crippen LogP contribution < -0.4 is 10.1 Å². The zero-order valence-electron chi connectivity index (χ0n) is 11.5. The van der Waals surface area contributed by atoms with Gasteiger partial charge in [-0.25, -0.2) is 0 Å². The third kappa shape index (κ3) is 3.62. The van der Waals surface area contributed by atoms with Gasteiger partial charge in [0.1, 0.15) is 5.75 Å². The smallest absolute Gasteiger partial charge is 0.123 e. The Balaban J connectivity index is 2.16. The van der Waals surface area contributed by atoms with E-state index in [0.29, 0.717) is 0 Å². The van der Waals surface area contributed by atoms with Crippen molar-refractivity contribution in [2.45, 2.75) is 20.4 Å². The van der Waals surface area contributed by atoms with Gasteiger partial charge in [0.25, 0.3) is 0 Å². The highest BCUT2D eigenvalue weighted by molar-refractivity contribution is 14.1. The number of benzene rings is 2. The Labute approximate surface area is 128 Å². The zero-order valence-corrected chi connectivity index (χ0v) is 13.6. The van der Waals surface area contributed by atoms with Gasteiger partial charge in [0, 0.05) is 21.4 Å². The standard InChI is InChI=1S/C16H18INO/c1-11-4-7-16(19-3)13(8-11)10-18-15-6-5-14(17)9-12(15)2/h4-9,18H,10H2,1-3H3. The minimum atomic E-state index is 0.770. The molecule has 0 amide bonds. The van der Waals surface area contributed by atoms with Crippen molar-refractivity contribution < 1.29 is 4.74 Å². The minimum Gasteiger partial charge on any atom is -0.496 e. The predicted molar refractivity (Wildman–Crippen MR) is 89.0 cm³/mol. The van der Waals surface area contributed by atoms with Gasteiger partial charge in [-0.15, -0.1) is 0 Å². The Morgan fingerprint density at radius 1 is 1.11 bits per heavy atom. The van der Waals surface area contributed by atoms with Gasteiger partial charge < -0.3 is 10.1 Å². The molecule has 0 bridgehead atoms. The van der Waals surface area contributed by atoms with E-state index in [4.69, 9.17) is 4.74 Å². The maximum Gasteiger partial charge on any atom is 0.123 e. The Morgan fingerprint density at radius 3 is 2.58 bits per heavy atom. The quantitative estimate of drug-likeness (QED) is 0.802. The second kappa shape index (κ2) is 6.28. The summed E-state index contributed by atoms with van der Waals surface area (Å²) in [5.74, 6) is 0.932. The van der Waals surface area contributed by atoms with Gasteiger partial charge in [0.15, 0.2) is 0 Å². The average molecular weight is 367 g/mol. The molecule has 3 heteroatoms. The number of aryl methyl sites for hydroxylation is 2. The molecule has 0 saturated heterocycles. The number of hydrogen-bond donors (Lipinski definition) is 1. The molecule has 2 aromatic carbocycles. The zero-order chi connectivity index (χ0) is 13.8. The van der Waals surface area contributed by atoms with Crippen molar-refractivity contribution in [3.8, 4) is 5.75 Å². The van der Waals surface area contributed by atoms with Crippen molar-refractivity contribution >= 4 is 28.3 Å². The van der Waals surface area contributed by atoms with E-state index < -0.39 is 0 Å². The van der Waals surface area contributed by atoms with Crippen molar-refractivity contribution in [3.05, 3.63) is 56.7 Å². The molecule has 19 heavy (non-hydrogen) atoms. The number of hydrogen-bond acceptors (Lipinski definition) is 2. The summed E-state index contributed by atoms with van der Waals surface area (Å²) in [6, 6.07) is 12.7. The first-order valence-corrected chi connectivity index (χ1v) is 7.31. The first-order chi connectivity index (χ1) is 9.10. The fourth-order valence-corrected chi connectivity index (χ4v) is 2.71. The highest BCUT2D eigenvalue weighted by Crippen LogP contribution is 2.23. The van der Waals surface area contributed by atoms with Crippen LogP contribution in [0, 0.1) is 17.4 Å². The van der Waals surface area contributed by atoms with Crippen molar-refractivity contribution in [1.29, 1.82) is 0 Å². The lowest BCUT2D eigenvalue weighted by atomic mass is 10.1. The van der Waals surface area contributed by atoms with E-state index >= 15 is 0 Å². The molecule has 0 aliphatic heterocycles. The van der Waals surface area contributed by atoms with E-state index in [1.807, 2.05) is 6.07 Å². The van der Waals surface area contributed by atoms with E-state index in [0.717, 1.165) is 12.3 Å². The molecule has 0 unspecified atom stereocenters. The first kappa shape index (κ1) is 14.2. The molecule has 0 atom stereocenters. The number of ether oxygens (including phenoxy) is 1. The summed E-state index contributed by atoms with van der Waals surface area (Å²) >= 11 is 2.33. The Hall–Kier alpha value is -1.23. The van der Waals surface area contributed by atoms with Crippen LogP contribution in [0.5, 0.6) is 5.75 Å². The summed E-state index contributed by atoms with van der Waals surface area (Å²) in [5.41, 5.74) is 4.86. The van der Waals surface area contributed by atoms with E-state index in [-0.39, 0.29) is 0 Å². The summed E-state index contributed by atoms with van der Waals surface area (Å²) in [5, 5.41) is 3.48. The van der Waals surface area contributed by atoms with E-state index in [9.17, 15) is 0 Å². The van der Waals surface area contributed by atoms with Crippen LogP contribution in [-0.4, -0.2) is 7.11 Å². The fraction of sp³-hybridized carbons (Fsp3) is 0.250. The molecular formula is C16H18INO. The Kier molecular flexibility index (Phi) is 4.69. The molecule has 0 radical (unpaired) electrons.